The van der Waals surface area contributed by atoms with Crippen molar-refractivity contribution in [2.45, 2.75) is 51.1 Å². The molecule has 3 unspecified atom stereocenters. The van der Waals surface area contributed by atoms with E-state index < -0.39 is 5.54 Å². The quantitative estimate of drug-likeness (QED) is 0.755. The highest BCUT2D eigenvalue weighted by Crippen LogP contribution is 2.30. The summed E-state index contributed by atoms with van der Waals surface area (Å²) in [4.78, 5) is 16.8. The zero-order valence-corrected chi connectivity index (χ0v) is 13.9. The summed E-state index contributed by atoms with van der Waals surface area (Å²) in [5.74, 6) is 0.514. The number of primary amides is 1. The Bertz CT molecular complexity index is 362. The van der Waals surface area contributed by atoms with Gasteiger partial charge < -0.3 is 20.9 Å². The second kappa shape index (κ2) is 7.07. The Balaban J connectivity index is 1.94. The lowest BCUT2D eigenvalue weighted by molar-refractivity contribution is -0.125. The van der Waals surface area contributed by atoms with Gasteiger partial charge in [-0.2, -0.15) is 0 Å². The molecule has 0 bridgehead atoms. The minimum absolute atomic E-state index is 0.237. The van der Waals surface area contributed by atoms with Crippen LogP contribution in [0.15, 0.2) is 0 Å². The van der Waals surface area contributed by atoms with E-state index in [0.29, 0.717) is 0 Å². The lowest BCUT2D eigenvalue weighted by Crippen LogP contribution is -2.62. The second-order valence-electron chi connectivity index (χ2n) is 7.10. The molecule has 0 aromatic carbocycles. The summed E-state index contributed by atoms with van der Waals surface area (Å²) in [7, 11) is 2.25. The van der Waals surface area contributed by atoms with Crippen LogP contribution >= 0.6 is 0 Å². The van der Waals surface area contributed by atoms with Gasteiger partial charge in [-0.1, -0.05) is 6.92 Å². The van der Waals surface area contributed by atoms with E-state index in [1.54, 1.807) is 0 Å². The number of likely N-dealkylation sites (tertiary alicyclic amines) is 2. The molecule has 2 aliphatic heterocycles. The summed E-state index contributed by atoms with van der Waals surface area (Å²) in [6, 6.07) is 0.735. The zero-order chi connectivity index (χ0) is 15.5. The highest BCUT2D eigenvalue weighted by atomic mass is 16.1. The molecule has 2 saturated heterocycles. The number of hydrogen-bond acceptors (Lipinski definition) is 4. The molecule has 0 aromatic heterocycles. The molecule has 0 saturated carbocycles. The van der Waals surface area contributed by atoms with Gasteiger partial charge in [-0.3, -0.25) is 4.79 Å². The molecule has 0 radical (unpaired) electrons. The average molecular weight is 296 g/mol. The number of hydrogen-bond donors (Lipinski definition) is 2. The first-order chi connectivity index (χ1) is 9.96. The first-order valence-corrected chi connectivity index (χ1v) is 8.44. The monoisotopic (exact) mass is 296 g/mol. The molecule has 0 aromatic rings. The Morgan fingerprint density at radius 1 is 1.38 bits per heavy atom. The number of rotatable bonds is 6. The van der Waals surface area contributed by atoms with Crippen LogP contribution in [-0.4, -0.2) is 67.1 Å². The van der Waals surface area contributed by atoms with Crippen LogP contribution in [0.4, 0.5) is 0 Å². The largest absolute Gasteiger partial charge is 0.368 e. The minimum atomic E-state index is -0.608. The van der Waals surface area contributed by atoms with Gasteiger partial charge in [0.05, 0.1) is 0 Å². The van der Waals surface area contributed by atoms with E-state index in [4.69, 9.17) is 5.73 Å². The third-order valence-electron chi connectivity index (χ3n) is 5.28. The van der Waals surface area contributed by atoms with Gasteiger partial charge >= 0.3 is 0 Å². The van der Waals surface area contributed by atoms with Crippen molar-refractivity contribution in [3.05, 3.63) is 0 Å². The third-order valence-corrected chi connectivity index (χ3v) is 5.28. The predicted octanol–water partition coefficient (Wildman–Crippen LogP) is 0.646. The van der Waals surface area contributed by atoms with Gasteiger partial charge in [-0.05, 0) is 65.2 Å². The summed E-state index contributed by atoms with van der Waals surface area (Å²) in [5.41, 5.74) is 5.04. The maximum absolute atomic E-state index is 11.9. The van der Waals surface area contributed by atoms with Crippen LogP contribution in [0.5, 0.6) is 0 Å². The normalized spacial score (nSPS) is 30.6. The molecular weight excluding hydrogens is 264 g/mol. The van der Waals surface area contributed by atoms with Crippen LogP contribution < -0.4 is 11.1 Å². The summed E-state index contributed by atoms with van der Waals surface area (Å²) >= 11 is 0. The molecule has 5 heteroatoms. The van der Waals surface area contributed by atoms with E-state index in [2.05, 4.69) is 29.1 Å². The van der Waals surface area contributed by atoms with Crippen LogP contribution in [0.3, 0.4) is 0 Å². The molecule has 5 nitrogen and oxygen atoms in total. The molecule has 2 rings (SSSR count). The van der Waals surface area contributed by atoms with E-state index >= 15 is 0 Å². The van der Waals surface area contributed by atoms with Gasteiger partial charge in [0.15, 0.2) is 0 Å². The fourth-order valence-corrected chi connectivity index (χ4v) is 3.94. The molecule has 3 N–H and O–H groups in total. The van der Waals surface area contributed by atoms with Crippen LogP contribution in [0.25, 0.3) is 0 Å². The van der Waals surface area contributed by atoms with E-state index in [1.165, 1.54) is 25.8 Å². The minimum Gasteiger partial charge on any atom is -0.368 e. The zero-order valence-electron chi connectivity index (χ0n) is 13.9. The van der Waals surface area contributed by atoms with Crippen molar-refractivity contribution < 1.29 is 4.79 Å². The first-order valence-electron chi connectivity index (χ1n) is 8.44. The van der Waals surface area contributed by atoms with Crippen molar-refractivity contribution in [1.82, 2.24) is 15.1 Å². The highest BCUT2D eigenvalue weighted by Gasteiger charge is 2.38. The lowest BCUT2D eigenvalue weighted by Gasteiger charge is -2.47. The standard InChI is InChI=1S/C16H32N4O/c1-4-8-18-16(2,15(17)21)12-20-10-7-14-13(11-20)6-5-9-19(14)3/h13-14,18H,4-12H2,1-3H3,(H2,17,21). The van der Waals surface area contributed by atoms with Crippen LogP contribution in [0.2, 0.25) is 0 Å². The number of nitrogens with two attached hydrogens (primary N) is 1. The second-order valence-corrected chi connectivity index (χ2v) is 7.10. The third kappa shape index (κ3) is 3.96. The van der Waals surface area contributed by atoms with Crippen molar-refractivity contribution in [1.29, 1.82) is 0 Å². The number of nitrogens with one attached hydrogen (secondary N) is 1. The van der Waals surface area contributed by atoms with Gasteiger partial charge in [0.2, 0.25) is 5.91 Å². The van der Waals surface area contributed by atoms with Gasteiger partial charge in [-0.15, -0.1) is 0 Å². The first kappa shape index (κ1) is 16.7. The molecule has 21 heavy (non-hydrogen) atoms. The van der Waals surface area contributed by atoms with E-state index in [9.17, 15) is 4.79 Å². The lowest BCUT2D eigenvalue weighted by atomic mass is 9.83. The molecular formula is C16H32N4O. The van der Waals surface area contributed by atoms with Crippen molar-refractivity contribution in [2.75, 3.05) is 39.8 Å². The van der Waals surface area contributed by atoms with E-state index in [1.807, 2.05) is 6.92 Å². The molecule has 122 valence electrons. The van der Waals surface area contributed by atoms with Crippen molar-refractivity contribution in [3.8, 4) is 0 Å². The predicted molar refractivity (Wildman–Crippen MR) is 86.1 cm³/mol. The number of carbonyl (C=O) groups is 1. The van der Waals surface area contributed by atoms with Crippen LogP contribution in [-0.2, 0) is 4.79 Å². The Labute approximate surface area is 129 Å². The number of amides is 1. The maximum atomic E-state index is 11.9. The molecule has 0 spiro atoms. The number of piperidine rings is 2. The fraction of sp³-hybridized carbons (Fsp3) is 0.938. The van der Waals surface area contributed by atoms with E-state index in [-0.39, 0.29) is 5.91 Å². The smallest absolute Gasteiger partial charge is 0.238 e. The molecule has 1 amide bonds. The molecule has 2 heterocycles. The Morgan fingerprint density at radius 2 is 2.14 bits per heavy atom. The van der Waals surface area contributed by atoms with Crippen LogP contribution in [0.1, 0.15) is 39.5 Å². The number of nitrogens with zero attached hydrogens (tertiary/aromatic N) is 2. The van der Waals surface area contributed by atoms with Gasteiger partial charge in [0.25, 0.3) is 0 Å². The topological polar surface area (TPSA) is 61.6 Å². The maximum Gasteiger partial charge on any atom is 0.238 e. The summed E-state index contributed by atoms with van der Waals surface area (Å²) in [5, 5.41) is 3.35. The average Bonchev–Trinajstić information content (AvgIpc) is 2.45. The Morgan fingerprint density at radius 3 is 2.81 bits per heavy atom. The van der Waals surface area contributed by atoms with E-state index in [0.717, 1.165) is 44.6 Å². The number of carbonyl (C=O) groups excluding carboxylic acids is 1. The molecule has 0 aliphatic carbocycles. The Hall–Kier alpha value is -0.650. The molecule has 3 atom stereocenters. The van der Waals surface area contributed by atoms with Crippen molar-refractivity contribution >= 4 is 5.91 Å². The van der Waals surface area contributed by atoms with Crippen molar-refractivity contribution in [2.24, 2.45) is 11.7 Å². The highest BCUT2D eigenvalue weighted by molar-refractivity contribution is 5.84. The molecule has 2 aliphatic rings. The Kier molecular flexibility index (Phi) is 5.63. The summed E-state index contributed by atoms with van der Waals surface area (Å²) in [6.07, 6.45) is 4.84. The molecule has 2 fully saturated rings. The summed E-state index contributed by atoms with van der Waals surface area (Å²) in [6.45, 7) is 9.03. The summed E-state index contributed by atoms with van der Waals surface area (Å²) < 4.78 is 0. The number of fused-ring (bicyclic) bond motifs is 1. The van der Waals surface area contributed by atoms with Crippen LogP contribution in [0, 0.1) is 5.92 Å². The van der Waals surface area contributed by atoms with Gasteiger partial charge in [0.1, 0.15) is 5.54 Å². The van der Waals surface area contributed by atoms with Gasteiger partial charge in [-0.25, -0.2) is 0 Å². The van der Waals surface area contributed by atoms with Crippen molar-refractivity contribution in [3.63, 3.8) is 0 Å². The fourth-order valence-electron chi connectivity index (χ4n) is 3.94. The SMILES string of the molecule is CCCNC(C)(CN1CCC2C(CCCN2C)C1)C(N)=O. The van der Waals surface area contributed by atoms with Gasteiger partial charge in [0, 0.05) is 19.1 Å².